The molecule has 5 aliphatic rings. The molecule has 5 heterocycles. The number of carbonyl (C=O) groups excluding carboxylic acids is 2. The second kappa shape index (κ2) is 8.26. The summed E-state index contributed by atoms with van der Waals surface area (Å²) < 4.78 is 12.5. The Hall–Kier alpha value is -3.06. The molecule has 2 N–H and O–H groups in total. The molecule has 182 valence electrons. The Morgan fingerprint density at radius 1 is 0.943 bits per heavy atom. The topological polar surface area (TPSA) is 79.9 Å². The van der Waals surface area contributed by atoms with Gasteiger partial charge in [-0.05, 0) is 73.8 Å². The highest BCUT2D eigenvalue weighted by Gasteiger charge is 2.42. The Labute approximate surface area is 205 Å². The van der Waals surface area contributed by atoms with Crippen molar-refractivity contribution in [2.24, 2.45) is 5.92 Å². The highest BCUT2D eigenvalue weighted by atomic mass is 16.6. The summed E-state index contributed by atoms with van der Waals surface area (Å²) in [6.45, 7) is 1.42. The summed E-state index contributed by atoms with van der Waals surface area (Å²) >= 11 is 0. The number of ether oxygens (including phenoxy) is 2. The highest BCUT2D eigenvalue weighted by Crippen LogP contribution is 2.44. The summed E-state index contributed by atoms with van der Waals surface area (Å²) in [5.41, 5.74) is 5.38. The van der Waals surface area contributed by atoms with Gasteiger partial charge in [0.25, 0.3) is 0 Å². The van der Waals surface area contributed by atoms with Crippen LogP contribution in [-0.2, 0) is 28.9 Å². The molecule has 0 spiro atoms. The number of rotatable bonds is 4. The number of carbonyl (C=O) groups is 2. The van der Waals surface area contributed by atoms with Gasteiger partial charge in [0, 0.05) is 42.0 Å². The first-order valence-electron chi connectivity index (χ1n) is 13.0. The minimum atomic E-state index is 0.00882. The maximum absolute atomic E-state index is 11.8. The van der Waals surface area contributed by atoms with Crippen molar-refractivity contribution in [3.05, 3.63) is 47.0 Å². The van der Waals surface area contributed by atoms with Gasteiger partial charge in [-0.15, -0.1) is 0 Å². The summed E-state index contributed by atoms with van der Waals surface area (Å²) in [7, 11) is 0. The summed E-state index contributed by atoms with van der Waals surface area (Å²) in [5.74, 6) is 2.32. The fraction of sp³-hybridized carbons (Fsp3) is 0.500. The van der Waals surface area contributed by atoms with E-state index in [4.69, 9.17) is 9.47 Å². The van der Waals surface area contributed by atoms with E-state index in [0.717, 1.165) is 47.8 Å². The van der Waals surface area contributed by atoms with Gasteiger partial charge in [0.1, 0.15) is 12.7 Å². The molecule has 5 aliphatic heterocycles. The Morgan fingerprint density at radius 3 is 2.63 bits per heavy atom. The highest BCUT2D eigenvalue weighted by molar-refractivity contribution is 6.00. The third-order valence-electron chi connectivity index (χ3n) is 8.53. The van der Waals surface area contributed by atoms with Gasteiger partial charge in [-0.1, -0.05) is 12.1 Å². The third kappa shape index (κ3) is 3.86. The van der Waals surface area contributed by atoms with Crippen LogP contribution >= 0.6 is 0 Å². The van der Waals surface area contributed by atoms with Gasteiger partial charge in [0.2, 0.25) is 11.8 Å². The number of hydrogen-bond donors (Lipinski definition) is 2. The van der Waals surface area contributed by atoms with E-state index in [2.05, 4.69) is 33.7 Å². The van der Waals surface area contributed by atoms with E-state index < -0.39 is 0 Å². The normalized spacial score (nSPS) is 28.8. The number of amides is 2. The molecule has 2 aromatic rings. The van der Waals surface area contributed by atoms with E-state index in [0.29, 0.717) is 37.5 Å². The lowest BCUT2D eigenvalue weighted by atomic mass is 9.85. The first-order valence-corrected chi connectivity index (χ1v) is 13.0. The Morgan fingerprint density at radius 2 is 1.77 bits per heavy atom. The van der Waals surface area contributed by atoms with Crippen LogP contribution < -0.4 is 20.1 Å². The van der Waals surface area contributed by atoms with E-state index in [-0.39, 0.29) is 17.9 Å². The average molecular weight is 474 g/mol. The zero-order valence-corrected chi connectivity index (χ0v) is 19.8. The zero-order chi connectivity index (χ0) is 23.5. The van der Waals surface area contributed by atoms with Crippen molar-refractivity contribution in [3.63, 3.8) is 0 Å². The van der Waals surface area contributed by atoms with Crippen molar-refractivity contribution in [3.8, 4) is 11.5 Å². The molecule has 0 aliphatic carbocycles. The Kier molecular flexibility index (Phi) is 5.01. The summed E-state index contributed by atoms with van der Waals surface area (Å²) in [6, 6.07) is 11.7. The van der Waals surface area contributed by atoms with E-state index in [9.17, 15) is 9.59 Å². The molecule has 2 unspecified atom stereocenters. The van der Waals surface area contributed by atoms with Crippen LogP contribution in [0.25, 0.3) is 0 Å². The number of anilines is 2. The average Bonchev–Trinajstić information content (AvgIpc) is 3.33. The molecule has 7 heteroatoms. The number of benzene rings is 2. The summed E-state index contributed by atoms with van der Waals surface area (Å²) in [4.78, 5) is 26.2. The number of piperidine rings is 1. The second-order valence-corrected chi connectivity index (χ2v) is 10.9. The lowest BCUT2D eigenvalue weighted by Gasteiger charge is -2.41. The van der Waals surface area contributed by atoms with Crippen LogP contribution in [0.2, 0.25) is 0 Å². The SMILES string of the molecule is O=C1CCc2ccc(CC3CC4CCC(C3)N4C[C@@H]3COc4c(ccc5c4CC(=O)N5)O3)cc2N1. The Balaban J connectivity index is 0.994. The maximum Gasteiger partial charge on any atom is 0.229 e. The molecule has 0 aromatic heterocycles. The molecule has 2 bridgehead atoms. The van der Waals surface area contributed by atoms with Gasteiger partial charge in [0.15, 0.2) is 11.5 Å². The van der Waals surface area contributed by atoms with Crippen LogP contribution in [0.5, 0.6) is 11.5 Å². The number of nitrogens with one attached hydrogen (secondary N) is 2. The lowest BCUT2D eigenvalue weighted by molar-refractivity contribution is -0.116. The monoisotopic (exact) mass is 473 g/mol. The number of nitrogens with zero attached hydrogens (tertiary/aromatic N) is 1. The third-order valence-corrected chi connectivity index (χ3v) is 8.53. The molecule has 0 radical (unpaired) electrons. The molecule has 7 rings (SSSR count). The van der Waals surface area contributed by atoms with Gasteiger partial charge in [-0.2, -0.15) is 0 Å². The number of aryl methyl sites for hydroxylation is 1. The molecule has 2 aromatic carbocycles. The molecule has 7 nitrogen and oxygen atoms in total. The largest absolute Gasteiger partial charge is 0.485 e. The minimum absolute atomic E-state index is 0.00882. The van der Waals surface area contributed by atoms with Crippen LogP contribution in [0.4, 0.5) is 11.4 Å². The van der Waals surface area contributed by atoms with E-state index in [1.165, 1.54) is 36.8 Å². The standard InChI is InChI=1S/C28H31N3O4/c32-26-8-3-18-2-1-16(12-24(18)30-26)9-17-10-19-4-5-20(11-17)31(19)14-21-15-34-28-22-13-27(33)29-23(22)6-7-25(28)35-21/h1-2,6-7,12,17,19-21H,3-5,8-11,13-15H2,(H,29,33)(H,30,32)/t17?,19?,20?,21-/m1/s1. The minimum Gasteiger partial charge on any atom is -0.485 e. The van der Waals surface area contributed by atoms with Gasteiger partial charge < -0.3 is 20.1 Å². The van der Waals surface area contributed by atoms with Crippen molar-refractivity contribution in [1.29, 1.82) is 0 Å². The smallest absolute Gasteiger partial charge is 0.229 e. The molecule has 3 atom stereocenters. The van der Waals surface area contributed by atoms with Crippen molar-refractivity contribution < 1.29 is 19.1 Å². The van der Waals surface area contributed by atoms with Crippen LogP contribution in [0.1, 0.15) is 48.8 Å². The predicted octanol–water partition coefficient (Wildman–Crippen LogP) is 3.69. The molecular formula is C28H31N3O4. The molecule has 35 heavy (non-hydrogen) atoms. The van der Waals surface area contributed by atoms with E-state index in [1.807, 2.05) is 12.1 Å². The number of fused-ring (bicyclic) bond motifs is 6. The van der Waals surface area contributed by atoms with E-state index in [1.54, 1.807) is 0 Å². The Bertz CT molecular complexity index is 1200. The molecular weight excluding hydrogens is 442 g/mol. The van der Waals surface area contributed by atoms with Gasteiger partial charge in [-0.3, -0.25) is 14.5 Å². The van der Waals surface area contributed by atoms with Gasteiger partial charge in [0.05, 0.1) is 6.42 Å². The zero-order valence-electron chi connectivity index (χ0n) is 19.8. The van der Waals surface area contributed by atoms with Gasteiger partial charge >= 0.3 is 0 Å². The molecule has 2 amide bonds. The fourth-order valence-electron chi connectivity index (χ4n) is 6.95. The summed E-state index contributed by atoms with van der Waals surface area (Å²) in [5, 5.41) is 5.93. The number of hydrogen-bond acceptors (Lipinski definition) is 5. The van der Waals surface area contributed by atoms with Crippen molar-refractivity contribution in [2.75, 3.05) is 23.8 Å². The van der Waals surface area contributed by atoms with Crippen LogP contribution in [0.15, 0.2) is 30.3 Å². The van der Waals surface area contributed by atoms with Crippen molar-refractivity contribution >= 4 is 23.2 Å². The second-order valence-electron chi connectivity index (χ2n) is 10.9. The maximum atomic E-state index is 11.8. The summed E-state index contributed by atoms with van der Waals surface area (Å²) in [6.07, 6.45) is 7.83. The molecule has 2 fully saturated rings. The quantitative estimate of drug-likeness (QED) is 0.708. The predicted molar refractivity (Wildman–Crippen MR) is 132 cm³/mol. The van der Waals surface area contributed by atoms with Crippen molar-refractivity contribution in [2.45, 2.75) is 69.6 Å². The van der Waals surface area contributed by atoms with Crippen molar-refractivity contribution in [1.82, 2.24) is 4.90 Å². The van der Waals surface area contributed by atoms with Crippen LogP contribution in [-0.4, -0.2) is 48.1 Å². The van der Waals surface area contributed by atoms with Gasteiger partial charge in [-0.25, -0.2) is 0 Å². The lowest BCUT2D eigenvalue weighted by Crippen LogP contribution is -2.49. The van der Waals surface area contributed by atoms with E-state index >= 15 is 0 Å². The fourth-order valence-corrected chi connectivity index (χ4v) is 6.95. The first kappa shape index (κ1) is 21.2. The molecule has 2 saturated heterocycles. The molecule has 0 saturated carbocycles. The van der Waals surface area contributed by atoms with Crippen LogP contribution in [0, 0.1) is 5.92 Å². The first-order chi connectivity index (χ1) is 17.1. The van der Waals surface area contributed by atoms with Crippen LogP contribution in [0.3, 0.4) is 0 Å².